The summed E-state index contributed by atoms with van der Waals surface area (Å²) in [7, 11) is 0. The van der Waals surface area contributed by atoms with E-state index in [1.165, 1.54) is 25.0 Å². The number of amides is 1. The molecule has 3 nitrogen and oxygen atoms in total. The summed E-state index contributed by atoms with van der Waals surface area (Å²) in [6, 6.07) is 8.41. The molecular weight excluding hydrogens is 303 g/mol. The largest absolute Gasteiger partial charge is 0.341 e. The Kier molecular flexibility index (Phi) is 4.11. The quantitative estimate of drug-likeness (QED) is 0.848. The molecule has 2 saturated heterocycles. The molecule has 24 heavy (non-hydrogen) atoms. The molecule has 0 spiro atoms. The molecule has 2 bridgehead atoms. The fourth-order valence-corrected chi connectivity index (χ4v) is 4.93. The zero-order valence-corrected chi connectivity index (χ0v) is 14.6. The van der Waals surface area contributed by atoms with Crippen LogP contribution in [0.1, 0.15) is 51.0 Å². The van der Waals surface area contributed by atoms with Crippen molar-refractivity contribution >= 4 is 5.91 Å². The molecule has 2 heterocycles. The molecule has 130 valence electrons. The van der Waals surface area contributed by atoms with Crippen molar-refractivity contribution in [1.29, 1.82) is 0 Å². The predicted molar refractivity (Wildman–Crippen MR) is 92.2 cm³/mol. The van der Waals surface area contributed by atoms with Crippen LogP contribution in [0.25, 0.3) is 0 Å². The summed E-state index contributed by atoms with van der Waals surface area (Å²) < 4.78 is 13.1. The highest BCUT2D eigenvalue weighted by Gasteiger charge is 2.47. The number of nitrogens with zero attached hydrogens (tertiary/aromatic N) is 2. The Balaban J connectivity index is 1.42. The van der Waals surface area contributed by atoms with Crippen LogP contribution in [0.15, 0.2) is 24.3 Å². The van der Waals surface area contributed by atoms with Crippen molar-refractivity contribution in [2.75, 3.05) is 13.1 Å². The molecule has 0 N–H and O–H groups in total. The normalized spacial score (nSPS) is 32.9. The van der Waals surface area contributed by atoms with Gasteiger partial charge in [-0.05, 0) is 63.1 Å². The zero-order valence-electron chi connectivity index (χ0n) is 14.6. The smallest absolute Gasteiger partial charge is 0.226 e. The molecule has 4 atom stereocenters. The van der Waals surface area contributed by atoms with E-state index in [4.69, 9.17) is 0 Å². The third-order valence-corrected chi connectivity index (χ3v) is 6.15. The first-order valence-corrected chi connectivity index (χ1v) is 9.36. The van der Waals surface area contributed by atoms with Crippen LogP contribution in [0.3, 0.4) is 0 Å². The molecule has 1 aliphatic carbocycles. The van der Waals surface area contributed by atoms with Crippen molar-refractivity contribution in [3.05, 3.63) is 35.6 Å². The highest BCUT2D eigenvalue weighted by molar-refractivity contribution is 5.83. The second-order valence-corrected chi connectivity index (χ2v) is 8.00. The summed E-state index contributed by atoms with van der Waals surface area (Å²) in [5.74, 6) is 0.513. The van der Waals surface area contributed by atoms with Crippen molar-refractivity contribution in [2.45, 2.75) is 63.6 Å². The minimum atomic E-state index is -0.209. The Morgan fingerprint density at radius 2 is 1.83 bits per heavy atom. The molecule has 2 aliphatic heterocycles. The van der Waals surface area contributed by atoms with Crippen molar-refractivity contribution in [1.82, 2.24) is 9.80 Å². The lowest BCUT2D eigenvalue weighted by molar-refractivity contribution is -0.133. The van der Waals surface area contributed by atoms with Gasteiger partial charge in [-0.3, -0.25) is 9.69 Å². The summed E-state index contributed by atoms with van der Waals surface area (Å²) in [6.45, 7) is 6.33. The standard InChI is InChI=1S/C20H27FN2O/c1-13(2)23-16-7-8-17(23)12-22(10-9-16)20(24)19-11-18(19)14-3-5-15(21)6-4-14/h3-6,13,16-19H,7-12H2,1-2H3/t16-,17-,18-,19+/m0/s1. The van der Waals surface area contributed by atoms with E-state index in [0.29, 0.717) is 30.0 Å². The fourth-order valence-electron chi connectivity index (χ4n) is 4.93. The molecule has 1 aromatic carbocycles. The van der Waals surface area contributed by atoms with Crippen molar-refractivity contribution in [2.24, 2.45) is 5.92 Å². The molecule has 1 amide bonds. The molecule has 4 rings (SSSR count). The lowest BCUT2D eigenvalue weighted by Crippen LogP contribution is -2.44. The number of rotatable bonds is 3. The first-order valence-electron chi connectivity index (χ1n) is 9.36. The number of fused-ring (bicyclic) bond motifs is 2. The minimum Gasteiger partial charge on any atom is -0.341 e. The topological polar surface area (TPSA) is 23.6 Å². The molecule has 1 saturated carbocycles. The van der Waals surface area contributed by atoms with Gasteiger partial charge in [0.2, 0.25) is 5.91 Å². The lowest BCUT2D eigenvalue weighted by atomic mass is 10.1. The number of hydrogen-bond acceptors (Lipinski definition) is 2. The van der Waals surface area contributed by atoms with Gasteiger partial charge >= 0.3 is 0 Å². The van der Waals surface area contributed by atoms with E-state index in [9.17, 15) is 9.18 Å². The maximum Gasteiger partial charge on any atom is 0.226 e. The van der Waals surface area contributed by atoms with E-state index >= 15 is 0 Å². The van der Waals surface area contributed by atoms with Gasteiger partial charge in [-0.15, -0.1) is 0 Å². The molecule has 0 aromatic heterocycles. The number of carbonyl (C=O) groups excluding carboxylic acids is 1. The van der Waals surface area contributed by atoms with E-state index < -0.39 is 0 Å². The lowest BCUT2D eigenvalue weighted by Gasteiger charge is -2.32. The van der Waals surface area contributed by atoms with E-state index in [0.717, 1.165) is 31.5 Å². The first-order chi connectivity index (χ1) is 11.5. The van der Waals surface area contributed by atoms with Crippen molar-refractivity contribution in [3.8, 4) is 0 Å². The number of carbonyl (C=O) groups is 1. The Morgan fingerprint density at radius 1 is 1.12 bits per heavy atom. The number of hydrogen-bond donors (Lipinski definition) is 0. The van der Waals surface area contributed by atoms with Gasteiger partial charge in [-0.2, -0.15) is 0 Å². The van der Waals surface area contributed by atoms with Crippen LogP contribution in [0.5, 0.6) is 0 Å². The molecule has 3 aliphatic rings. The van der Waals surface area contributed by atoms with Gasteiger partial charge in [-0.25, -0.2) is 4.39 Å². The Bertz CT molecular complexity index is 615. The Labute approximate surface area is 143 Å². The molecule has 3 fully saturated rings. The minimum absolute atomic E-state index is 0.111. The van der Waals surface area contributed by atoms with Gasteiger partial charge in [-0.1, -0.05) is 12.1 Å². The molecule has 0 radical (unpaired) electrons. The van der Waals surface area contributed by atoms with E-state index in [1.807, 2.05) is 12.1 Å². The van der Waals surface area contributed by atoms with Gasteiger partial charge in [0.15, 0.2) is 0 Å². The SMILES string of the molecule is CC(C)N1[C@H]2CC[C@H]1CN(C(=O)[C@@H]1C[C@H]1c1ccc(F)cc1)CC2. The summed E-state index contributed by atoms with van der Waals surface area (Å²) in [5, 5.41) is 0. The summed E-state index contributed by atoms with van der Waals surface area (Å²) >= 11 is 0. The average Bonchev–Trinajstić information content (AvgIpc) is 3.26. The second-order valence-electron chi connectivity index (χ2n) is 8.00. The highest BCUT2D eigenvalue weighted by atomic mass is 19.1. The van der Waals surface area contributed by atoms with Crippen LogP contribution in [-0.2, 0) is 4.79 Å². The van der Waals surface area contributed by atoms with Gasteiger partial charge in [0.1, 0.15) is 5.82 Å². The predicted octanol–water partition coefficient (Wildman–Crippen LogP) is 3.40. The average molecular weight is 330 g/mol. The fraction of sp³-hybridized carbons (Fsp3) is 0.650. The van der Waals surface area contributed by atoms with E-state index in [-0.39, 0.29) is 11.7 Å². The maximum absolute atomic E-state index is 13.1. The van der Waals surface area contributed by atoms with E-state index in [1.54, 1.807) is 0 Å². The van der Waals surface area contributed by atoms with Gasteiger partial charge in [0, 0.05) is 37.1 Å². The number of halogens is 1. The highest BCUT2D eigenvalue weighted by Crippen LogP contribution is 2.49. The van der Waals surface area contributed by atoms with Crippen LogP contribution < -0.4 is 0 Å². The third kappa shape index (κ3) is 2.85. The summed E-state index contributed by atoms with van der Waals surface area (Å²) in [4.78, 5) is 17.7. The van der Waals surface area contributed by atoms with Crippen LogP contribution in [-0.4, -0.2) is 46.9 Å². The van der Waals surface area contributed by atoms with Gasteiger partial charge in [0.05, 0.1) is 0 Å². The molecule has 1 aromatic rings. The van der Waals surface area contributed by atoms with Crippen molar-refractivity contribution < 1.29 is 9.18 Å². The molecule has 4 heteroatoms. The third-order valence-electron chi connectivity index (χ3n) is 6.15. The number of benzene rings is 1. The van der Waals surface area contributed by atoms with E-state index in [2.05, 4.69) is 23.6 Å². The maximum atomic E-state index is 13.1. The zero-order chi connectivity index (χ0) is 16.8. The van der Waals surface area contributed by atoms with Gasteiger partial charge < -0.3 is 4.90 Å². The Hall–Kier alpha value is -1.42. The summed E-state index contributed by atoms with van der Waals surface area (Å²) in [5.41, 5.74) is 1.11. The molecular formula is C20H27FN2O. The monoisotopic (exact) mass is 330 g/mol. The van der Waals surface area contributed by atoms with Crippen LogP contribution in [0.2, 0.25) is 0 Å². The van der Waals surface area contributed by atoms with Gasteiger partial charge in [0.25, 0.3) is 0 Å². The Morgan fingerprint density at radius 3 is 2.54 bits per heavy atom. The van der Waals surface area contributed by atoms with Crippen LogP contribution in [0.4, 0.5) is 4.39 Å². The van der Waals surface area contributed by atoms with Crippen LogP contribution >= 0.6 is 0 Å². The first kappa shape index (κ1) is 16.1. The second kappa shape index (κ2) is 6.14. The molecule has 0 unspecified atom stereocenters. The van der Waals surface area contributed by atoms with Crippen molar-refractivity contribution in [3.63, 3.8) is 0 Å². The number of likely N-dealkylation sites (tertiary alicyclic amines) is 1. The van der Waals surface area contributed by atoms with Crippen LogP contribution in [0, 0.1) is 11.7 Å². The summed E-state index contributed by atoms with van der Waals surface area (Å²) in [6.07, 6.45) is 4.53.